The van der Waals surface area contributed by atoms with E-state index >= 15 is 0 Å². The molecule has 6 saturated heterocycles. The van der Waals surface area contributed by atoms with E-state index in [1.807, 2.05) is 0 Å². The van der Waals surface area contributed by atoms with Crippen molar-refractivity contribution in [3.8, 4) is 0 Å². The quantitative estimate of drug-likeness (QED) is 0.0608. The molecule has 0 aromatic carbocycles. The summed E-state index contributed by atoms with van der Waals surface area (Å²) in [4.78, 5) is 25.6. The molecule has 6 aliphatic rings. The molecule has 16 heteroatoms. The van der Waals surface area contributed by atoms with Crippen LogP contribution in [0.4, 0.5) is 0 Å². The maximum atomic E-state index is 5.84. The maximum Gasteiger partial charge on any atom is 0.146 e. The van der Waals surface area contributed by atoms with Gasteiger partial charge in [-0.25, -0.2) is 0 Å². The first-order valence-electron chi connectivity index (χ1n) is 43.9. The number of hydrogen-bond acceptors (Lipinski definition) is 16. The summed E-state index contributed by atoms with van der Waals surface area (Å²) < 4.78 is 34.2. The third kappa shape index (κ3) is 64.5. The molecular weight excluding hydrogens is 1340 g/mol. The van der Waals surface area contributed by atoms with E-state index in [2.05, 4.69) is 298 Å². The summed E-state index contributed by atoms with van der Waals surface area (Å²) in [7, 11) is 0. The van der Waals surface area contributed by atoms with E-state index in [0.29, 0.717) is 44.8 Å². The first-order chi connectivity index (χ1) is 49.0. The Morgan fingerprint density at radius 1 is 0.250 bits per heavy atom. The number of piperidine rings is 1. The highest BCUT2D eigenvalue weighted by Gasteiger charge is 2.33. The predicted molar refractivity (Wildman–Crippen MR) is 470 cm³/mol. The van der Waals surface area contributed by atoms with Gasteiger partial charge >= 0.3 is 0 Å². The lowest BCUT2D eigenvalue weighted by molar-refractivity contribution is -0.0794. The molecule has 16 nitrogen and oxygen atoms in total. The van der Waals surface area contributed by atoms with Crippen LogP contribution in [0.5, 0.6) is 0 Å². The molecule has 0 radical (unpaired) electrons. The van der Waals surface area contributed by atoms with Crippen LogP contribution >= 0.6 is 0 Å². The Morgan fingerprint density at radius 2 is 0.546 bits per heavy atom. The summed E-state index contributed by atoms with van der Waals surface area (Å²) >= 11 is 0. The van der Waals surface area contributed by atoms with Gasteiger partial charge in [0.2, 0.25) is 0 Å². The fraction of sp³-hybridized carbons (Fsp3) is 1.00. The molecule has 0 atom stereocenters. The zero-order chi connectivity index (χ0) is 82.9. The Bertz CT molecular complexity index is 2110. The number of nitrogens with zero attached hydrogens (tertiary/aromatic N) is 10. The summed E-state index contributed by atoms with van der Waals surface area (Å²) in [5.41, 5.74) is 3.51. The van der Waals surface area contributed by atoms with Gasteiger partial charge in [0.15, 0.2) is 0 Å². The van der Waals surface area contributed by atoms with E-state index in [-0.39, 0.29) is 27.6 Å². The third-order valence-corrected chi connectivity index (χ3v) is 19.6. The molecule has 0 N–H and O–H groups in total. The average Bonchev–Trinajstić information content (AvgIpc) is 0.826. The molecule has 0 saturated carbocycles. The molecule has 0 aromatic heterocycles. The summed E-state index contributed by atoms with van der Waals surface area (Å²) in [6.07, 6.45) is 6.65. The molecule has 6 fully saturated rings. The fourth-order valence-corrected chi connectivity index (χ4v) is 14.4. The molecule has 0 aliphatic carbocycles. The van der Waals surface area contributed by atoms with Crippen LogP contribution in [-0.2, 0) is 28.4 Å². The highest BCUT2D eigenvalue weighted by Crippen LogP contribution is 2.33. The molecule has 0 aromatic rings. The van der Waals surface area contributed by atoms with E-state index in [1.54, 1.807) is 0 Å². The van der Waals surface area contributed by atoms with Crippen LogP contribution in [0.3, 0.4) is 0 Å². The molecule has 648 valence electrons. The second kappa shape index (κ2) is 48.9. The van der Waals surface area contributed by atoms with Gasteiger partial charge in [-0.1, -0.05) is 166 Å². The van der Waals surface area contributed by atoms with Gasteiger partial charge in [-0.3, -0.25) is 24.5 Å². The summed E-state index contributed by atoms with van der Waals surface area (Å²) in [6, 6.07) is 0. The number of piperazine rings is 4. The van der Waals surface area contributed by atoms with Crippen LogP contribution in [0.1, 0.15) is 281 Å². The Kier molecular flexibility index (Phi) is 47.7. The van der Waals surface area contributed by atoms with Crippen molar-refractivity contribution in [3.05, 3.63) is 0 Å². The predicted octanol–water partition coefficient (Wildman–Crippen LogP) is 17.8. The molecule has 6 aliphatic heterocycles. The molecule has 0 amide bonds. The van der Waals surface area contributed by atoms with Crippen molar-refractivity contribution in [2.24, 2.45) is 55.2 Å². The van der Waals surface area contributed by atoms with Gasteiger partial charge in [-0.15, -0.1) is 0 Å². The minimum Gasteiger partial charge on any atom is -0.380 e. The summed E-state index contributed by atoms with van der Waals surface area (Å²) in [5.74, 6) is 1.84. The van der Waals surface area contributed by atoms with Gasteiger partial charge in [0.1, 0.15) is 6.79 Å². The fourth-order valence-electron chi connectivity index (χ4n) is 14.4. The standard InChI is InChI=1S/C17H35NO.2C16H34N2O2.C16H34N2O.C14H30N2.C13H27N/c1-16(2,3)10-13-18-11-7-15(8-12-18)9-14-19-17(4,5)6;1-15(2,3)19-13-11-17-7-9-18(10-8-17)12-14-20-16(4,5)6;1-15(2,3)13-20-14-19-12-11-17-7-9-18(10-8-17)16(4,5)6;1-15(2,3)13-18-9-7-17(8-10-18)11-12-19-14-16(4,5)6;1-13(2,3)11-15-7-9-16(10-8-15)12-14(4,5)6;1-12(2,3)7-11-8-14(9-11)10-13(4,5)6/h15H,7-14H2,1-6H3;2*7-14H2,1-6H3;7-14H2,1-6H3;7-12H2,1-6H3;11H,7-10H2,1-6H3. The first kappa shape index (κ1) is 105. The van der Waals surface area contributed by atoms with Crippen LogP contribution in [0.2, 0.25) is 0 Å². The molecule has 0 spiro atoms. The molecule has 0 bridgehead atoms. The average molecular weight is 1540 g/mol. The van der Waals surface area contributed by atoms with Gasteiger partial charge < -0.3 is 52.9 Å². The van der Waals surface area contributed by atoms with Crippen molar-refractivity contribution < 1.29 is 28.4 Å². The minimum atomic E-state index is -0.0217. The molecule has 6 heterocycles. The van der Waals surface area contributed by atoms with Crippen molar-refractivity contribution in [1.29, 1.82) is 0 Å². The van der Waals surface area contributed by atoms with E-state index in [1.165, 1.54) is 143 Å². The lowest BCUT2D eigenvalue weighted by Gasteiger charge is -2.44. The zero-order valence-corrected chi connectivity index (χ0v) is 79.8. The van der Waals surface area contributed by atoms with Crippen molar-refractivity contribution in [2.75, 3.05) is 243 Å². The van der Waals surface area contributed by atoms with Gasteiger partial charge in [0.25, 0.3) is 0 Å². The van der Waals surface area contributed by atoms with Crippen molar-refractivity contribution in [2.45, 2.75) is 304 Å². The highest BCUT2D eigenvalue weighted by molar-refractivity contribution is 4.87. The summed E-state index contributed by atoms with van der Waals surface area (Å²) in [5, 5.41) is 0. The molecule has 0 unspecified atom stereocenters. The zero-order valence-electron chi connectivity index (χ0n) is 79.8. The number of likely N-dealkylation sites (tertiary alicyclic amines) is 2. The maximum absolute atomic E-state index is 5.84. The number of ether oxygens (including phenoxy) is 6. The molecule has 108 heavy (non-hydrogen) atoms. The van der Waals surface area contributed by atoms with E-state index in [4.69, 9.17) is 28.4 Å². The lowest BCUT2D eigenvalue weighted by Crippen LogP contribution is -2.53. The van der Waals surface area contributed by atoms with Gasteiger partial charge in [0, 0.05) is 182 Å². The molecule has 6 rings (SSSR count). The Morgan fingerprint density at radius 3 is 0.861 bits per heavy atom. The number of rotatable bonds is 26. The third-order valence-electron chi connectivity index (χ3n) is 19.6. The Labute approximate surface area is 675 Å². The van der Waals surface area contributed by atoms with Crippen LogP contribution < -0.4 is 0 Å². The highest BCUT2D eigenvalue weighted by atomic mass is 16.7. The lowest BCUT2D eigenvalue weighted by atomic mass is 9.80. The Balaban J connectivity index is 0.000000650. The summed E-state index contributed by atoms with van der Waals surface area (Å²) in [6.45, 7) is 122. The Hall–Kier alpha value is -0.640. The van der Waals surface area contributed by atoms with Crippen LogP contribution in [0.15, 0.2) is 0 Å². The van der Waals surface area contributed by atoms with Gasteiger partial charge in [0.05, 0.1) is 56.4 Å². The number of hydrogen-bond donors (Lipinski definition) is 0. The van der Waals surface area contributed by atoms with Crippen molar-refractivity contribution in [1.82, 2.24) is 49.0 Å². The van der Waals surface area contributed by atoms with Crippen LogP contribution in [-0.4, -0.2) is 314 Å². The largest absolute Gasteiger partial charge is 0.380 e. The van der Waals surface area contributed by atoms with Crippen LogP contribution in [0.25, 0.3) is 0 Å². The normalized spacial score (nSPS) is 20.1. The monoisotopic (exact) mass is 1540 g/mol. The van der Waals surface area contributed by atoms with Crippen molar-refractivity contribution in [3.63, 3.8) is 0 Å². The topological polar surface area (TPSA) is 87.8 Å². The van der Waals surface area contributed by atoms with Crippen LogP contribution in [0, 0.1) is 55.2 Å². The second-order valence-corrected chi connectivity index (χ2v) is 47.2. The SMILES string of the molecule is CC(C)(C)CC1CN(CC(C)(C)C)C1.CC(C)(C)CCN1CCC(CCOC(C)(C)C)CC1.CC(C)(C)CN1CCN(CC(C)(C)C)CC1.CC(C)(C)COCCN1CCN(CC(C)(C)C)CC1.CC(C)(C)COCOCCN1CCN(C(C)(C)C)CC1.CC(C)(C)OCCN1CCN(CCOC(C)(C)C)CC1. The van der Waals surface area contributed by atoms with E-state index in [0.717, 1.165) is 137 Å². The van der Waals surface area contributed by atoms with E-state index < -0.39 is 0 Å². The van der Waals surface area contributed by atoms with Gasteiger partial charge in [-0.2, -0.15) is 0 Å². The first-order valence-corrected chi connectivity index (χ1v) is 43.9. The smallest absolute Gasteiger partial charge is 0.146 e. The minimum absolute atomic E-state index is 0.0212. The van der Waals surface area contributed by atoms with E-state index in [9.17, 15) is 0 Å². The molecular formula is C92H194N10O6. The second-order valence-electron chi connectivity index (χ2n) is 47.2. The van der Waals surface area contributed by atoms with Crippen molar-refractivity contribution >= 4 is 0 Å². The van der Waals surface area contributed by atoms with Gasteiger partial charge in [-0.05, 0) is 190 Å².